The number of carbonyl (C=O) groups is 2. The molecule has 0 spiro atoms. The second kappa shape index (κ2) is 6.26. The summed E-state index contributed by atoms with van der Waals surface area (Å²) in [4.78, 5) is 25.7. The van der Waals surface area contributed by atoms with Crippen LogP contribution in [0.3, 0.4) is 0 Å². The molecule has 2 amide bonds. The molecule has 0 saturated carbocycles. The van der Waals surface area contributed by atoms with E-state index in [0.717, 1.165) is 24.9 Å². The Morgan fingerprint density at radius 1 is 1.33 bits per heavy atom. The van der Waals surface area contributed by atoms with E-state index in [1.807, 2.05) is 26.1 Å². The lowest BCUT2D eigenvalue weighted by molar-refractivity contribution is -0.136. The van der Waals surface area contributed by atoms with Crippen molar-refractivity contribution in [2.75, 3.05) is 20.6 Å². The summed E-state index contributed by atoms with van der Waals surface area (Å²) in [7, 11) is 3.43. The molecule has 0 radical (unpaired) electrons. The number of nitrogens with zero attached hydrogens (tertiary/aromatic N) is 1. The van der Waals surface area contributed by atoms with Crippen molar-refractivity contribution in [2.45, 2.75) is 31.8 Å². The Morgan fingerprint density at radius 2 is 2.00 bits per heavy atom. The summed E-state index contributed by atoms with van der Waals surface area (Å²) in [6, 6.07) is 7.33. The molecule has 1 saturated heterocycles. The third kappa shape index (κ3) is 3.42. The summed E-state index contributed by atoms with van der Waals surface area (Å²) >= 11 is 0. The first kappa shape index (κ1) is 15.5. The number of likely N-dealkylation sites (N-methyl/N-ethyl adjacent to an activating group) is 1. The highest BCUT2D eigenvalue weighted by molar-refractivity contribution is 5.94. The van der Waals surface area contributed by atoms with Crippen LogP contribution in [0.15, 0.2) is 24.3 Å². The van der Waals surface area contributed by atoms with Gasteiger partial charge in [0.2, 0.25) is 5.91 Å². The Labute approximate surface area is 125 Å². The molecule has 1 heterocycles. The zero-order valence-corrected chi connectivity index (χ0v) is 12.9. The van der Waals surface area contributed by atoms with E-state index in [2.05, 4.69) is 10.6 Å². The summed E-state index contributed by atoms with van der Waals surface area (Å²) in [6.45, 7) is 3.41. The second-order valence-corrected chi connectivity index (χ2v) is 5.80. The maximum Gasteiger partial charge on any atom is 0.251 e. The zero-order valence-electron chi connectivity index (χ0n) is 12.9. The maximum atomic E-state index is 12.5. The highest BCUT2D eigenvalue weighted by Gasteiger charge is 2.37. The quantitative estimate of drug-likeness (QED) is 0.874. The smallest absolute Gasteiger partial charge is 0.251 e. The molecule has 2 rings (SSSR count). The molecule has 1 aromatic carbocycles. The SMILES string of the molecule is CNC(=O)c1ccc(CN(C)C(=O)C2(C)CCCN2)cc1. The molecule has 2 N–H and O–H groups in total. The van der Waals surface area contributed by atoms with Gasteiger partial charge in [0, 0.05) is 26.2 Å². The van der Waals surface area contributed by atoms with Crippen LogP contribution in [0.5, 0.6) is 0 Å². The van der Waals surface area contributed by atoms with Gasteiger partial charge in [0.15, 0.2) is 0 Å². The molecule has 5 heteroatoms. The lowest BCUT2D eigenvalue weighted by Gasteiger charge is -2.29. The number of carbonyl (C=O) groups excluding carboxylic acids is 2. The Bertz CT molecular complexity index is 519. The molecule has 0 aromatic heterocycles. The van der Waals surface area contributed by atoms with E-state index in [9.17, 15) is 9.59 Å². The second-order valence-electron chi connectivity index (χ2n) is 5.80. The predicted octanol–water partition coefficient (Wildman–Crippen LogP) is 1.15. The molecule has 0 aliphatic carbocycles. The molecule has 1 aliphatic heterocycles. The number of benzene rings is 1. The van der Waals surface area contributed by atoms with Gasteiger partial charge in [0.1, 0.15) is 0 Å². The largest absolute Gasteiger partial charge is 0.355 e. The summed E-state index contributed by atoms with van der Waals surface area (Å²) in [5, 5.41) is 5.88. The topological polar surface area (TPSA) is 61.4 Å². The van der Waals surface area contributed by atoms with Crippen LogP contribution in [0.4, 0.5) is 0 Å². The van der Waals surface area contributed by atoms with Gasteiger partial charge in [-0.3, -0.25) is 9.59 Å². The molecule has 5 nitrogen and oxygen atoms in total. The first-order valence-electron chi connectivity index (χ1n) is 7.28. The van der Waals surface area contributed by atoms with Crippen LogP contribution >= 0.6 is 0 Å². The van der Waals surface area contributed by atoms with Crippen molar-refractivity contribution in [2.24, 2.45) is 0 Å². The van der Waals surface area contributed by atoms with Crippen LogP contribution in [-0.2, 0) is 11.3 Å². The number of nitrogens with one attached hydrogen (secondary N) is 2. The molecular formula is C16H23N3O2. The van der Waals surface area contributed by atoms with Crippen LogP contribution in [0.25, 0.3) is 0 Å². The fourth-order valence-electron chi connectivity index (χ4n) is 2.75. The Kier molecular flexibility index (Phi) is 4.63. The summed E-state index contributed by atoms with van der Waals surface area (Å²) in [6.07, 6.45) is 1.92. The van der Waals surface area contributed by atoms with Gasteiger partial charge in [0.25, 0.3) is 5.91 Å². The maximum absolute atomic E-state index is 12.5. The molecule has 1 fully saturated rings. The normalized spacial score (nSPS) is 21.1. The van der Waals surface area contributed by atoms with Crippen molar-refractivity contribution in [1.29, 1.82) is 0 Å². The van der Waals surface area contributed by atoms with E-state index >= 15 is 0 Å². The highest BCUT2D eigenvalue weighted by Crippen LogP contribution is 2.21. The first-order chi connectivity index (χ1) is 9.96. The minimum atomic E-state index is -0.434. The van der Waals surface area contributed by atoms with Gasteiger partial charge < -0.3 is 15.5 Å². The molecule has 1 aromatic rings. The molecule has 1 aliphatic rings. The van der Waals surface area contributed by atoms with Crippen LogP contribution in [0, 0.1) is 0 Å². The molecule has 1 atom stereocenters. The van der Waals surface area contributed by atoms with Gasteiger partial charge in [-0.25, -0.2) is 0 Å². The molecule has 1 unspecified atom stereocenters. The molecule has 21 heavy (non-hydrogen) atoms. The fourth-order valence-corrected chi connectivity index (χ4v) is 2.75. The van der Waals surface area contributed by atoms with Crippen molar-refractivity contribution >= 4 is 11.8 Å². The summed E-state index contributed by atoms with van der Waals surface area (Å²) in [5.74, 6) is 0.0176. The lowest BCUT2D eigenvalue weighted by atomic mass is 9.98. The summed E-state index contributed by atoms with van der Waals surface area (Å²) < 4.78 is 0. The first-order valence-corrected chi connectivity index (χ1v) is 7.28. The van der Waals surface area contributed by atoms with Crippen LogP contribution < -0.4 is 10.6 Å². The van der Waals surface area contributed by atoms with E-state index < -0.39 is 5.54 Å². The van der Waals surface area contributed by atoms with Gasteiger partial charge >= 0.3 is 0 Å². The number of hydrogen-bond acceptors (Lipinski definition) is 3. The van der Waals surface area contributed by atoms with Gasteiger partial charge in [-0.05, 0) is 44.0 Å². The van der Waals surface area contributed by atoms with Crippen LogP contribution in [0.1, 0.15) is 35.7 Å². The Balaban J connectivity index is 2.00. The van der Waals surface area contributed by atoms with Crippen molar-refractivity contribution in [3.8, 4) is 0 Å². The predicted molar refractivity (Wildman–Crippen MR) is 81.9 cm³/mol. The van der Waals surface area contributed by atoms with Crippen molar-refractivity contribution in [3.63, 3.8) is 0 Å². The molecule has 114 valence electrons. The molecular weight excluding hydrogens is 266 g/mol. The van der Waals surface area contributed by atoms with Gasteiger partial charge in [-0.2, -0.15) is 0 Å². The highest BCUT2D eigenvalue weighted by atomic mass is 16.2. The Morgan fingerprint density at radius 3 is 2.52 bits per heavy atom. The third-order valence-corrected chi connectivity index (χ3v) is 4.05. The third-order valence-electron chi connectivity index (χ3n) is 4.05. The average molecular weight is 289 g/mol. The average Bonchev–Trinajstić information content (AvgIpc) is 2.94. The summed E-state index contributed by atoms with van der Waals surface area (Å²) in [5.41, 5.74) is 1.20. The van der Waals surface area contributed by atoms with Crippen molar-refractivity contribution < 1.29 is 9.59 Å². The minimum Gasteiger partial charge on any atom is -0.355 e. The van der Waals surface area contributed by atoms with E-state index in [-0.39, 0.29) is 11.8 Å². The zero-order chi connectivity index (χ0) is 15.5. The van der Waals surface area contributed by atoms with Gasteiger partial charge in [-0.1, -0.05) is 12.1 Å². The van der Waals surface area contributed by atoms with Crippen molar-refractivity contribution in [1.82, 2.24) is 15.5 Å². The van der Waals surface area contributed by atoms with E-state index in [4.69, 9.17) is 0 Å². The fraction of sp³-hybridized carbons (Fsp3) is 0.500. The van der Waals surface area contributed by atoms with Crippen molar-refractivity contribution in [3.05, 3.63) is 35.4 Å². The van der Waals surface area contributed by atoms with Gasteiger partial charge in [0.05, 0.1) is 5.54 Å². The van der Waals surface area contributed by atoms with E-state index in [0.29, 0.717) is 12.1 Å². The Hall–Kier alpha value is -1.88. The number of amides is 2. The number of rotatable bonds is 4. The van der Waals surface area contributed by atoms with Gasteiger partial charge in [-0.15, -0.1) is 0 Å². The van der Waals surface area contributed by atoms with E-state index in [1.165, 1.54) is 0 Å². The lowest BCUT2D eigenvalue weighted by Crippen LogP contribution is -2.51. The minimum absolute atomic E-state index is 0.103. The molecule has 0 bridgehead atoms. The van der Waals surface area contributed by atoms with Crippen LogP contribution in [0.2, 0.25) is 0 Å². The van der Waals surface area contributed by atoms with E-state index in [1.54, 1.807) is 24.1 Å². The monoisotopic (exact) mass is 289 g/mol. The standard InChI is InChI=1S/C16H23N3O2/c1-16(9-4-10-18-16)15(21)19(3)11-12-5-7-13(8-6-12)14(20)17-2/h5-8,18H,4,9-11H2,1-3H3,(H,17,20). The van der Waals surface area contributed by atoms with Crippen LogP contribution in [-0.4, -0.2) is 42.9 Å². The number of hydrogen-bond donors (Lipinski definition) is 2.